The Hall–Kier alpha value is -2.34. The van der Waals surface area contributed by atoms with Crippen LogP contribution < -0.4 is 10.6 Å². The molecule has 2 aromatic rings. The number of esters is 1. The van der Waals surface area contributed by atoms with E-state index in [2.05, 4.69) is 15.4 Å². The number of nitrogens with one attached hydrogen (secondary N) is 2. The van der Waals surface area contributed by atoms with Gasteiger partial charge in [0.25, 0.3) is 0 Å². The van der Waals surface area contributed by atoms with Crippen molar-refractivity contribution in [3.05, 3.63) is 52.2 Å². The van der Waals surface area contributed by atoms with Crippen molar-refractivity contribution in [1.29, 1.82) is 0 Å². The maximum absolute atomic E-state index is 11.8. The molecular formula is C14H14N2O3S. The van der Waals surface area contributed by atoms with E-state index >= 15 is 0 Å². The van der Waals surface area contributed by atoms with E-state index in [1.165, 1.54) is 18.4 Å². The molecule has 0 aliphatic rings. The summed E-state index contributed by atoms with van der Waals surface area (Å²) in [5.41, 5.74) is 1.45. The first kappa shape index (κ1) is 14.1. The molecule has 2 rings (SSSR count). The third-order valence-corrected chi connectivity index (χ3v) is 3.47. The number of methoxy groups -OCH3 is 1. The molecule has 0 bridgehead atoms. The van der Waals surface area contributed by atoms with Crippen LogP contribution in [0.1, 0.15) is 15.2 Å². The van der Waals surface area contributed by atoms with E-state index in [-0.39, 0.29) is 6.03 Å². The summed E-state index contributed by atoms with van der Waals surface area (Å²) in [6.45, 7) is 0.421. The van der Waals surface area contributed by atoms with Gasteiger partial charge in [-0.15, -0.1) is 11.3 Å². The van der Waals surface area contributed by atoms with Crippen molar-refractivity contribution in [3.8, 4) is 0 Å². The summed E-state index contributed by atoms with van der Waals surface area (Å²) in [4.78, 5) is 23.6. The third kappa shape index (κ3) is 3.58. The van der Waals surface area contributed by atoms with Crippen molar-refractivity contribution in [1.82, 2.24) is 5.32 Å². The van der Waals surface area contributed by atoms with Crippen LogP contribution in [-0.2, 0) is 11.3 Å². The summed E-state index contributed by atoms with van der Waals surface area (Å²) in [5, 5.41) is 7.08. The first-order valence-corrected chi connectivity index (χ1v) is 6.83. The Bertz CT molecular complexity index is 595. The third-order valence-electron chi connectivity index (χ3n) is 2.58. The molecule has 0 spiro atoms. The maximum atomic E-state index is 11.8. The number of carbonyl (C=O) groups excluding carboxylic acids is 2. The predicted molar refractivity (Wildman–Crippen MR) is 78.0 cm³/mol. The summed E-state index contributed by atoms with van der Waals surface area (Å²) >= 11 is 1.22. The summed E-state index contributed by atoms with van der Waals surface area (Å²) in [6, 6.07) is 10.9. The molecule has 20 heavy (non-hydrogen) atoms. The molecule has 0 saturated heterocycles. The van der Waals surface area contributed by atoms with Crippen molar-refractivity contribution in [2.45, 2.75) is 6.54 Å². The number of benzene rings is 1. The Morgan fingerprint density at radius 3 is 2.65 bits per heavy atom. The molecule has 0 aliphatic heterocycles. The van der Waals surface area contributed by atoms with Gasteiger partial charge >= 0.3 is 12.0 Å². The molecule has 0 fully saturated rings. The average Bonchev–Trinajstić information content (AvgIpc) is 2.93. The summed E-state index contributed by atoms with van der Waals surface area (Å²) < 4.78 is 4.65. The van der Waals surface area contributed by atoms with Gasteiger partial charge in [-0.05, 0) is 17.0 Å². The zero-order chi connectivity index (χ0) is 14.4. The average molecular weight is 290 g/mol. The number of rotatable bonds is 4. The lowest BCUT2D eigenvalue weighted by atomic mass is 10.2. The minimum Gasteiger partial charge on any atom is -0.465 e. The SMILES string of the molecule is COC(=O)c1sccc1NC(=O)NCc1ccccc1. The van der Waals surface area contributed by atoms with Gasteiger partial charge in [-0.25, -0.2) is 9.59 Å². The second-order valence-electron chi connectivity index (χ2n) is 3.95. The quantitative estimate of drug-likeness (QED) is 0.851. The number of ether oxygens (including phenoxy) is 1. The first-order chi connectivity index (χ1) is 9.70. The maximum Gasteiger partial charge on any atom is 0.350 e. The van der Waals surface area contributed by atoms with Crippen LogP contribution in [-0.4, -0.2) is 19.1 Å². The molecule has 1 aromatic carbocycles. The smallest absolute Gasteiger partial charge is 0.350 e. The Kier molecular flexibility index (Phi) is 4.73. The highest BCUT2D eigenvalue weighted by Crippen LogP contribution is 2.22. The fraction of sp³-hybridized carbons (Fsp3) is 0.143. The monoisotopic (exact) mass is 290 g/mol. The van der Waals surface area contributed by atoms with Gasteiger partial charge < -0.3 is 15.4 Å². The molecule has 2 N–H and O–H groups in total. The van der Waals surface area contributed by atoms with Gasteiger partial charge in [0.1, 0.15) is 4.88 Å². The van der Waals surface area contributed by atoms with Gasteiger partial charge in [0, 0.05) is 6.54 Å². The molecule has 5 nitrogen and oxygen atoms in total. The van der Waals surface area contributed by atoms with E-state index in [0.717, 1.165) is 5.56 Å². The standard InChI is InChI=1S/C14H14N2O3S/c1-19-13(17)12-11(7-8-20-12)16-14(18)15-9-10-5-3-2-4-6-10/h2-8H,9H2,1H3,(H2,15,16,18). The number of amides is 2. The molecule has 104 valence electrons. The second-order valence-corrected chi connectivity index (χ2v) is 4.86. The zero-order valence-electron chi connectivity index (χ0n) is 10.9. The number of thiophene rings is 1. The fourth-order valence-corrected chi connectivity index (χ4v) is 2.37. The summed E-state index contributed by atoms with van der Waals surface area (Å²) in [6.07, 6.45) is 0. The Morgan fingerprint density at radius 1 is 1.20 bits per heavy atom. The Labute approximate surface area is 120 Å². The molecule has 0 atom stereocenters. The molecule has 1 heterocycles. The molecule has 0 aliphatic carbocycles. The van der Waals surface area contributed by atoms with Gasteiger partial charge in [0.15, 0.2) is 0 Å². The summed E-state index contributed by atoms with van der Waals surface area (Å²) in [7, 11) is 1.31. The second kappa shape index (κ2) is 6.72. The lowest BCUT2D eigenvalue weighted by molar-refractivity contribution is 0.0607. The molecule has 0 unspecified atom stereocenters. The predicted octanol–water partition coefficient (Wildman–Crippen LogP) is 2.86. The van der Waals surface area contributed by atoms with E-state index < -0.39 is 5.97 Å². The molecule has 2 amide bonds. The van der Waals surface area contributed by atoms with E-state index in [9.17, 15) is 9.59 Å². The van der Waals surface area contributed by atoms with Crippen molar-refractivity contribution in [2.24, 2.45) is 0 Å². The van der Waals surface area contributed by atoms with Crippen LogP contribution in [0.15, 0.2) is 41.8 Å². The van der Waals surface area contributed by atoms with Crippen LogP contribution in [0.2, 0.25) is 0 Å². The molecule has 1 aromatic heterocycles. The van der Waals surface area contributed by atoms with Gasteiger partial charge in [-0.3, -0.25) is 0 Å². The van der Waals surface area contributed by atoms with Crippen LogP contribution in [0.4, 0.5) is 10.5 Å². The Balaban J connectivity index is 1.92. The van der Waals surface area contributed by atoms with Gasteiger partial charge in [-0.2, -0.15) is 0 Å². The van der Waals surface area contributed by atoms with Crippen LogP contribution in [0, 0.1) is 0 Å². The Morgan fingerprint density at radius 2 is 1.95 bits per heavy atom. The topological polar surface area (TPSA) is 67.4 Å². The lowest BCUT2D eigenvalue weighted by Crippen LogP contribution is -2.28. The van der Waals surface area contributed by atoms with Crippen LogP contribution in [0.5, 0.6) is 0 Å². The van der Waals surface area contributed by atoms with Crippen molar-refractivity contribution in [3.63, 3.8) is 0 Å². The normalized spacial score (nSPS) is 9.85. The minimum atomic E-state index is -0.460. The highest BCUT2D eigenvalue weighted by Gasteiger charge is 2.15. The number of hydrogen-bond donors (Lipinski definition) is 2. The molecule has 6 heteroatoms. The van der Waals surface area contributed by atoms with Crippen molar-refractivity contribution < 1.29 is 14.3 Å². The highest BCUT2D eigenvalue weighted by atomic mass is 32.1. The molecule has 0 radical (unpaired) electrons. The van der Waals surface area contributed by atoms with E-state index in [1.807, 2.05) is 30.3 Å². The zero-order valence-corrected chi connectivity index (χ0v) is 11.7. The molecule has 0 saturated carbocycles. The molecular weight excluding hydrogens is 276 g/mol. The highest BCUT2D eigenvalue weighted by molar-refractivity contribution is 7.12. The largest absolute Gasteiger partial charge is 0.465 e. The van der Waals surface area contributed by atoms with Gasteiger partial charge in [0.05, 0.1) is 12.8 Å². The van der Waals surface area contributed by atoms with E-state index in [1.54, 1.807) is 11.4 Å². The number of urea groups is 1. The van der Waals surface area contributed by atoms with Crippen LogP contribution in [0.3, 0.4) is 0 Å². The fourth-order valence-electron chi connectivity index (χ4n) is 1.60. The van der Waals surface area contributed by atoms with E-state index in [0.29, 0.717) is 17.1 Å². The first-order valence-electron chi connectivity index (χ1n) is 5.95. The van der Waals surface area contributed by atoms with Crippen LogP contribution >= 0.6 is 11.3 Å². The number of anilines is 1. The number of hydrogen-bond acceptors (Lipinski definition) is 4. The van der Waals surface area contributed by atoms with Crippen LogP contribution in [0.25, 0.3) is 0 Å². The lowest BCUT2D eigenvalue weighted by Gasteiger charge is -2.07. The summed E-state index contributed by atoms with van der Waals surface area (Å²) in [5.74, 6) is -0.460. The van der Waals surface area contributed by atoms with Gasteiger partial charge in [-0.1, -0.05) is 30.3 Å². The van der Waals surface area contributed by atoms with Gasteiger partial charge in [0.2, 0.25) is 0 Å². The van der Waals surface area contributed by atoms with E-state index in [4.69, 9.17) is 0 Å². The van der Waals surface area contributed by atoms with Crippen molar-refractivity contribution in [2.75, 3.05) is 12.4 Å². The number of carbonyl (C=O) groups is 2. The minimum absolute atomic E-state index is 0.364. The van der Waals surface area contributed by atoms with Crippen molar-refractivity contribution >= 4 is 29.0 Å².